The SMILES string of the molecule is CC(C)c1ccccc1OCC(=O)c1ccc(F)cc1. The van der Waals surface area contributed by atoms with Crippen LogP contribution in [-0.4, -0.2) is 12.4 Å². The van der Waals surface area contributed by atoms with Crippen LogP contribution in [-0.2, 0) is 0 Å². The minimum Gasteiger partial charge on any atom is -0.485 e. The number of rotatable bonds is 5. The van der Waals surface area contributed by atoms with Gasteiger partial charge in [0.25, 0.3) is 0 Å². The summed E-state index contributed by atoms with van der Waals surface area (Å²) in [5.41, 5.74) is 1.52. The Morgan fingerprint density at radius 3 is 2.40 bits per heavy atom. The zero-order valence-electron chi connectivity index (χ0n) is 11.6. The van der Waals surface area contributed by atoms with Crippen LogP contribution in [0.5, 0.6) is 5.75 Å². The van der Waals surface area contributed by atoms with Crippen molar-refractivity contribution in [3.8, 4) is 5.75 Å². The van der Waals surface area contributed by atoms with E-state index in [2.05, 4.69) is 13.8 Å². The molecule has 0 saturated carbocycles. The first kappa shape index (κ1) is 14.3. The van der Waals surface area contributed by atoms with E-state index in [9.17, 15) is 9.18 Å². The van der Waals surface area contributed by atoms with E-state index in [4.69, 9.17) is 4.74 Å². The van der Waals surface area contributed by atoms with E-state index in [0.717, 1.165) is 11.3 Å². The molecule has 0 bridgehead atoms. The molecule has 20 heavy (non-hydrogen) atoms. The molecule has 0 aliphatic rings. The summed E-state index contributed by atoms with van der Waals surface area (Å²) < 4.78 is 18.4. The molecular formula is C17H17FO2. The molecule has 0 fully saturated rings. The number of carbonyl (C=O) groups is 1. The van der Waals surface area contributed by atoms with E-state index in [1.54, 1.807) is 0 Å². The summed E-state index contributed by atoms with van der Waals surface area (Å²) in [6, 6.07) is 13.2. The van der Waals surface area contributed by atoms with E-state index < -0.39 is 0 Å². The molecule has 0 amide bonds. The van der Waals surface area contributed by atoms with Gasteiger partial charge >= 0.3 is 0 Å². The number of ether oxygens (including phenoxy) is 1. The van der Waals surface area contributed by atoms with Crippen LogP contribution in [0.1, 0.15) is 35.7 Å². The Morgan fingerprint density at radius 1 is 1.10 bits per heavy atom. The van der Waals surface area contributed by atoms with Gasteiger partial charge in [-0.05, 0) is 41.8 Å². The lowest BCUT2D eigenvalue weighted by Gasteiger charge is -2.13. The molecule has 2 aromatic rings. The molecule has 104 valence electrons. The van der Waals surface area contributed by atoms with Gasteiger partial charge in [0, 0.05) is 5.56 Å². The number of para-hydroxylation sites is 1. The molecule has 0 heterocycles. The lowest BCUT2D eigenvalue weighted by molar-refractivity contribution is 0.0920. The van der Waals surface area contributed by atoms with E-state index in [-0.39, 0.29) is 18.2 Å². The van der Waals surface area contributed by atoms with Gasteiger partial charge < -0.3 is 4.74 Å². The smallest absolute Gasteiger partial charge is 0.200 e. The Labute approximate surface area is 118 Å². The van der Waals surface area contributed by atoms with Crippen LogP contribution in [0.2, 0.25) is 0 Å². The van der Waals surface area contributed by atoms with Crippen LogP contribution < -0.4 is 4.74 Å². The molecule has 3 heteroatoms. The Balaban J connectivity index is 2.05. The third-order valence-electron chi connectivity index (χ3n) is 3.07. The molecule has 0 spiro atoms. The lowest BCUT2D eigenvalue weighted by Crippen LogP contribution is -2.12. The standard InChI is InChI=1S/C17H17FO2/c1-12(2)15-5-3-4-6-17(15)20-11-16(19)13-7-9-14(18)10-8-13/h3-10,12H,11H2,1-2H3. The number of halogens is 1. The maximum Gasteiger partial charge on any atom is 0.200 e. The fourth-order valence-corrected chi connectivity index (χ4v) is 1.95. The summed E-state index contributed by atoms with van der Waals surface area (Å²) in [4.78, 5) is 12.0. The normalized spacial score (nSPS) is 10.6. The highest BCUT2D eigenvalue weighted by Crippen LogP contribution is 2.25. The van der Waals surface area contributed by atoms with Crippen LogP contribution in [0.4, 0.5) is 4.39 Å². The van der Waals surface area contributed by atoms with Gasteiger partial charge in [-0.1, -0.05) is 32.0 Å². The fraction of sp³-hybridized carbons (Fsp3) is 0.235. The summed E-state index contributed by atoms with van der Waals surface area (Å²) in [7, 11) is 0. The fourth-order valence-electron chi connectivity index (χ4n) is 1.95. The summed E-state index contributed by atoms with van der Waals surface area (Å²) >= 11 is 0. The quantitative estimate of drug-likeness (QED) is 0.762. The molecule has 0 atom stereocenters. The average Bonchev–Trinajstić information content (AvgIpc) is 2.45. The highest BCUT2D eigenvalue weighted by Gasteiger charge is 2.10. The highest BCUT2D eigenvalue weighted by molar-refractivity contribution is 5.97. The van der Waals surface area contributed by atoms with E-state index in [1.807, 2.05) is 24.3 Å². The van der Waals surface area contributed by atoms with Gasteiger partial charge in [0.05, 0.1) is 0 Å². The van der Waals surface area contributed by atoms with Crippen molar-refractivity contribution in [1.29, 1.82) is 0 Å². The number of benzene rings is 2. The van der Waals surface area contributed by atoms with Crippen molar-refractivity contribution >= 4 is 5.78 Å². The number of carbonyl (C=O) groups excluding carboxylic acids is 1. The molecule has 0 aromatic heterocycles. The third kappa shape index (κ3) is 3.44. The summed E-state index contributed by atoms with van der Waals surface area (Å²) in [5, 5.41) is 0. The van der Waals surface area contributed by atoms with E-state index in [0.29, 0.717) is 11.5 Å². The van der Waals surface area contributed by atoms with Crippen molar-refractivity contribution in [2.45, 2.75) is 19.8 Å². The first-order valence-electron chi connectivity index (χ1n) is 6.58. The number of ketones is 1. The van der Waals surface area contributed by atoms with Crippen molar-refractivity contribution < 1.29 is 13.9 Å². The lowest BCUT2D eigenvalue weighted by atomic mass is 10.0. The predicted molar refractivity (Wildman–Crippen MR) is 76.8 cm³/mol. The zero-order valence-corrected chi connectivity index (χ0v) is 11.6. The maximum atomic E-state index is 12.8. The number of Topliss-reactive ketones (excluding diaryl/α,β-unsaturated/α-hetero) is 1. The second-order valence-corrected chi connectivity index (χ2v) is 4.91. The minimum absolute atomic E-state index is 0.0463. The number of hydrogen-bond donors (Lipinski definition) is 0. The summed E-state index contributed by atoms with van der Waals surface area (Å²) in [5.74, 6) is 0.529. The molecule has 0 unspecified atom stereocenters. The Morgan fingerprint density at radius 2 is 1.75 bits per heavy atom. The maximum absolute atomic E-state index is 12.8. The van der Waals surface area contributed by atoms with Gasteiger partial charge in [-0.25, -0.2) is 4.39 Å². The van der Waals surface area contributed by atoms with Crippen molar-refractivity contribution in [2.24, 2.45) is 0 Å². The molecule has 0 saturated heterocycles. The van der Waals surface area contributed by atoms with Crippen molar-refractivity contribution in [3.63, 3.8) is 0 Å². The molecule has 2 rings (SSSR count). The first-order chi connectivity index (χ1) is 9.58. The topological polar surface area (TPSA) is 26.3 Å². The van der Waals surface area contributed by atoms with Crippen LogP contribution in [0, 0.1) is 5.82 Å². The van der Waals surface area contributed by atoms with Crippen LogP contribution in [0.15, 0.2) is 48.5 Å². The Bertz CT molecular complexity index is 588. The van der Waals surface area contributed by atoms with Gasteiger partial charge in [0.1, 0.15) is 11.6 Å². The van der Waals surface area contributed by atoms with Crippen LogP contribution in [0.25, 0.3) is 0 Å². The molecule has 0 aliphatic heterocycles. The largest absolute Gasteiger partial charge is 0.485 e. The third-order valence-corrected chi connectivity index (χ3v) is 3.07. The predicted octanol–water partition coefficient (Wildman–Crippen LogP) is 4.21. The molecule has 0 N–H and O–H groups in total. The van der Waals surface area contributed by atoms with E-state index >= 15 is 0 Å². The Kier molecular flexibility index (Phi) is 4.51. The molecule has 0 aliphatic carbocycles. The van der Waals surface area contributed by atoms with E-state index in [1.165, 1.54) is 24.3 Å². The molecule has 0 radical (unpaired) electrons. The molecular weight excluding hydrogens is 255 g/mol. The molecule has 2 nitrogen and oxygen atoms in total. The van der Waals surface area contributed by atoms with Gasteiger partial charge in [-0.15, -0.1) is 0 Å². The van der Waals surface area contributed by atoms with Crippen molar-refractivity contribution in [3.05, 3.63) is 65.5 Å². The first-order valence-corrected chi connectivity index (χ1v) is 6.58. The summed E-state index contributed by atoms with van der Waals surface area (Å²) in [6.07, 6.45) is 0. The summed E-state index contributed by atoms with van der Waals surface area (Å²) in [6.45, 7) is 4.10. The monoisotopic (exact) mass is 272 g/mol. The minimum atomic E-state index is -0.354. The zero-order chi connectivity index (χ0) is 14.5. The van der Waals surface area contributed by atoms with Gasteiger partial charge in [-0.2, -0.15) is 0 Å². The molecule has 2 aromatic carbocycles. The Hall–Kier alpha value is -2.16. The van der Waals surface area contributed by atoms with Crippen molar-refractivity contribution in [2.75, 3.05) is 6.61 Å². The second kappa shape index (κ2) is 6.33. The number of hydrogen-bond acceptors (Lipinski definition) is 2. The average molecular weight is 272 g/mol. The van der Waals surface area contributed by atoms with Crippen molar-refractivity contribution in [1.82, 2.24) is 0 Å². The van der Waals surface area contributed by atoms with Gasteiger partial charge in [0.15, 0.2) is 12.4 Å². The van der Waals surface area contributed by atoms with Gasteiger partial charge in [-0.3, -0.25) is 4.79 Å². The highest BCUT2D eigenvalue weighted by atomic mass is 19.1. The van der Waals surface area contributed by atoms with Crippen LogP contribution in [0.3, 0.4) is 0 Å². The van der Waals surface area contributed by atoms with Crippen LogP contribution >= 0.6 is 0 Å². The van der Waals surface area contributed by atoms with Gasteiger partial charge in [0.2, 0.25) is 0 Å². The second-order valence-electron chi connectivity index (χ2n) is 4.91.